The Labute approximate surface area is 273 Å². The van der Waals surface area contributed by atoms with Crippen LogP contribution in [0.3, 0.4) is 0 Å². The lowest BCUT2D eigenvalue weighted by Gasteiger charge is -2.33. The average Bonchev–Trinajstić information content (AvgIpc) is 3.01. The number of rotatable bonds is 6. The van der Waals surface area contributed by atoms with Crippen molar-refractivity contribution >= 4 is 52.4 Å². The van der Waals surface area contributed by atoms with E-state index in [9.17, 15) is 35.9 Å². The van der Waals surface area contributed by atoms with Crippen molar-refractivity contribution in [2.45, 2.75) is 57.0 Å². The first-order chi connectivity index (χ1) is 22.7. The summed E-state index contributed by atoms with van der Waals surface area (Å²) >= 11 is 0. The van der Waals surface area contributed by atoms with Crippen molar-refractivity contribution in [1.82, 2.24) is 15.3 Å². The van der Waals surface area contributed by atoms with Crippen molar-refractivity contribution in [2.24, 2.45) is 5.73 Å². The number of alkyl halides is 6. The monoisotopic (exact) mass is 703 g/mol. The van der Waals surface area contributed by atoms with Crippen LogP contribution in [0.25, 0.3) is 10.9 Å². The van der Waals surface area contributed by atoms with E-state index in [4.69, 9.17) is 35.7 Å². The van der Waals surface area contributed by atoms with E-state index in [0.717, 1.165) is 36.6 Å². The smallest absolute Gasteiger partial charge is 0.475 e. The Hall–Kier alpha value is -5.69. The molecule has 2 aromatic carbocycles. The zero-order chi connectivity index (χ0) is 37.1. The number of benzene rings is 2. The number of carboxylic acid groups (broad SMARTS) is 2. The standard InChI is InChI=1S/C25H29N7O3.2C2HF3O2/c1-14-7-12-18-17(13-14)21(28-19-5-3-4-6-20(19)29-24(26)27)31-25(30-18)32-22(33)15-8-10-16(11-9-15)23(34)35-2;2*3-2(4,5)1(6)7/h7-13,19-20H,3-6H2,1-2H3,(H4,26,27,29)(H2,28,30,31,32,33);2*(H,6,7). The third-order valence-electron chi connectivity index (χ3n) is 6.56. The lowest BCUT2D eigenvalue weighted by molar-refractivity contribution is -0.193. The van der Waals surface area contributed by atoms with Gasteiger partial charge in [-0.1, -0.05) is 24.5 Å². The molecule has 49 heavy (non-hydrogen) atoms. The molecule has 1 amide bonds. The fraction of sp³-hybridized carbons (Fsp3) is 0.345. The molecule has 1 aliphatic carbocycles. The van der Waals surface area contributed by atoms with Gasteiger partial charge in [-0.3, -0.25) is 15.5 Å². The molecule has 2 atom stereocenters. The van der Waals surface area contributed by atoms with Crippen molar-refractivity contribution in [3.05, 3.63) is 59.2 Å². The molecule has 1 saturated carbocycles. The highest BCUT2D eigenvalue weighted by Gasteiger charge is 2.39. The number of carbonyl (C=O) groups is 4. The van der Waals surface area contributed by atoms with Crippen LogP contribution < -0.4 is 21.7 Å². The number of guanidine groups is 1. The van der Waals surface area contributed by atoms with Crippen molar-refractivity contribution < 1.29 is 60.5 Å². The highest BCUT2D eigenvalue weighted by Crippen LogP contribution is 2.28. The van der Waals surface area contributed by atoms with Crippen LogP contribution in [-0.2, 0) is 14.3 Å². The summed E-state index contributed by atoms with van der Waals surface area (Å²) in [6.45, 7) is 2.00. The first-order valence-electron chi connectivity index (χ1n) is 14.0. The number of fused-ring (bicyclic) bond motifs is 1. The van der Waals surface area contributed by atoms with E-state index in [1.54, 1.807) is 12.1 Å². The summed E-state index contributed by atoms with van der Waals surface area (Å²) in [6, 6.07) is 12.0. The van der Waals surface area contributed by atoms with Gasteiger partial charge in [0.25, 0.3) is 5.91 Å². The number of hydrogen-bond donors (Lipinski definition) is 7. The Bertz CT molecular complexity index is 1640. The van der Waals surface area contributed by atoms with E-state index in [0.29, 0.717) is 22.5 Å². The van der Waals surface area contributed by atoms with Crippen LogP contribution in [0.1, 0.15) is 52.0 Å². The summed E-state index contributed by atoms with van der Waals surface area (Å²) in [5.41, 5.74) is 8.07. The van der Waals surface area contributed by atoms with E-state index in [2.05, 4.69) is 25.9 Å². The van der Waals surface area contributed by atoms with Gasteiger partial charge in [0.2, 0.25) is 5.95 Å². The number of nitrogens with one attached hydrogen (secondary N) is 4. The van der Waals surface area contributed by atoms with Crippen LogP contribution in [0.4, 0.5) is 38.1 Å². The molecule has 2 unspecified atom stereocenters. The zero-order valence-corrected chi connectivity index (χ0v) is 25.7. The zero-order valence-electron chi connectivity index (χ0n) is 25.7. The van der Waals surface area contributed by atoms with Gasteiger partial charge in [0, 0.05) is 23.0 Å². The maximum absolute atomic E-state index is 12.9. The molecular formula is C29H31F6N7O7. The van der Waals surface area contributed by atoms with Gasteiger partial charge in [-0.25, -0.2) is 19.4 Å². The molecule has 0 radical (unpaired) electrons. The van der Waals surface area contributed by atoms with Crippen molar-refractivity contribution in [3.8, 4) is 0 Å². The van der Waals surface area contributed by atoms with Crippen LogP contribution >= 0.6 is 0 Å². The third kappa shape index (κ3) is 12.5. The van der Waals surface area contributed by atoms with Crippen LogP contribution in [0.15, 0.2) is 42.5 Å². The molecule has 20 heteroatoms. The molecule has 8 N–H and O–H groups in total. The van der Waals surface area contributed by atoms with Gasteiger partial charge >= 0.3 is 30.3 Å². The molecule has 1 fully saturated rings. The van der Waals surface area contributed by atoms with Crippen molar-refractivity contribution in [1.29, 1.82) is 5.41 Å². The number of aliphatic carboxylic acids is 2. The second-order valence-electron chi connectivity index (χ2n) is 10.2. The number of aryl methyl sites for hydroxylation is 1. The lowest BCUT2D eigenvalue weighted by atomic mass is 9.90. The number of carboxylic acids is 2. The number of amides is 1. The minimum absolute atomic E-state index is 0.00226. The number of hydrogen-bond acceptors (Lipinski definition) is 9. The normalized spacial score (nSPS) is 15.7. The summed E-state index contributed by atoms with van der Waals surface area (Å²) in [5, 5.41) is 32.1. The highest BCUT2D eigenvalue weighted by molar-refractivity contribution is 6.04. The Balaban J connectivity index is 0.000000500. The van der Waals surface area contributed by atoms with Crippen LogP contribution in [0, 0.1) is 12.3 Å². The van der Waals surface area contributed by atoms with Gasteiger partial charge < -0.3 is 31.3 Å². The molecule has 3 aromatic rings. The maximum atomic E-state index is 12.9. The Morgan fingerprint density at radius 3 is 1.88 bits per heavy atom. The summed E-state index contributed by atoms with van der Waals surface area (Å²) in [5.74, 6) is -5.66. The van der Waals surface area contributed by atoms with Gasteiger partial charge in [-0.15, -0.1) is 0 Å². The van der Waals surface area contributed by atoms with Crippen LogP contribution in [0.5, 0.6) is 0 Å². The first kappa shape index (κ1) is 39.5. The maximum Gasteiger partial charge on any atom is 0.490 e. The molecule has 1 heterocycles. The minimum atomic E-state index is -5.08. The predicted octanol–water partition coefficient (Wildman–Crippen LogP) is 4.45. The molecule has 0 bridgehead atoms. The molecule has 266 valence electrons. The summed E-state index contributed by atoms with van der Waals surface area (Å²) in [6.07, 6.45) is -6.26. The minimum Gasteiger partial charge on any atom is -0.475 e. The Morgan fingerprint density at radius 1 is 0.878 bits per heavy atom. The summed E-state index contributed by atoms with van der Waals surface area (Å²) in [4.78, 5) is 51.5. The van der Waals surface area contributed by atoms with Crippen LogP contribution in [-0.4, -0.2) is 81.5 Å². The molecule has 4 rings (SSSR count). The number of ether oxygens (including phenoxy) is 1. The Morgan fingerprint density at radius 2 is 1.39 bits per heavy atom. The quantitative estimate of drug-likeness (QED) is 0.0818. The number of aromatic nitrogens is 2. The van der Waals surface area contributed by atoms with Gasteiger partial charge in [0.15, 0.2) is 5.96 Å². The number of carbonyl (C=O) groups excluding carboxylic acids is 2. The molecule has 1 aliphatic rings. The molecule has 1 aromatic heterocycles. The van der Waals surface area contributed by atoms with E-state index in [-0.39, 0.29) is 24.0 Å². The highest BCUT2D eigenvalue weighted by atomic mass is 19.4. The number of halogens is 6. The second kappa shape index (κ2) is 16.9. The number of nitrogens with zero attached hydrogens (tertiary/aromatic N) is 2. The van der Waals surface area contributed by atoms with E-state index in [1.165, 1.54) is 19.2 Å². The topological polar surface area (TPSA) is 230 Å². The molecule has 0 aliphatic heterocycles. The van der Waals surface area contributed by atoms with E-state index in [1.807, 2.05) is 25.1 Å². The average molecular weight is 704 g/mol. The van der Waals surface area contributed by atoms with Crippen molar-refractivity contribution in [3.63, 3.8) is 0 Å². The molecule has 0 spiro atoms. The number of nitrogens with two attached hydrogens (primary N) is 1. The van der Waals surface area contributed by atoms with Gasteiger partial charge in [0.05, 0.1) is 18.2 Å². The summed E-state index contributed by atoms with van der Waals surface area (Å²) in [7, 11) is 1.30. The number of methoxy groups -OCH3 is 1. The fourth-order valence-electron chi connectivity index (χ4n) is 4.31. The number of esters is 1. The van der Waals surface area contributed by atoms with Gasteiger partial charge in [-0.05, 0) is 56.2 Å². The largest absolute Gasteiger partial charge is 0.490 e. The fourth-order valence-corrected chi connectivity index (χ4v) is 4.31. The van der Waals surface area contributed by atoms with E-state index < -0.39 is 36.2 Å². The number of anilines is 2. The lowest BCUT2D eigenvalue weighted by Crippen LogP contribution is -2.50. The molecule has 0 saturated heterocycles. The first-order valence-corrected chi connectivity index (χ1v) is 14.0. The molecular weight excluding hydrogens is 672 g/mol. The summed E-state index contributed by atoms with van der Waals surface area (Å²) < 4.78 is 68.2. The predicted molar refractivity (Wildman–Crippen MR) is 162 cm³/mol. The Kier molecular flexibility index (Phi) is 13.6. The SMILES string of the molecule is COC(=O)c1ccc(C(=O)Nc2nc(NC3CCCCC3NC(=N)N)c3cc(C)ccc3n2)cc1.O=C(O)C(F)(F)F.O=C(O)C(F)(F)F. The van der Waals surface area contributed by atoms with Crippen LogP contribution in [0.2, 0.25) is 0 Å². The van der Waals surface area contributed by atoms with Gasteiger partial charge in [-0.2, -0.15) is 31.3 Å². The van der Waals surface area contributed by atoms with E-state index >= 15 is 0 Å². The molecule has 14 nitrogen and oxygen atoms in total. The third-order valence-corrected chi connectivity index (χ3v) is 6.56. The van der Waals surface area contributed by atoms with Crippen molar-refractivity contribution in [2.75, 3.05) is 17.7 Å². The second-order valence-corrected chi connectivity index (χ2v) is 10.2. The van der Waals surface area contributed by atoms with Gasteiger partial charge in [0.1, 0.15) is 5.82 Å².